The minimum absolute atomic E-state index is 0.156. The summed E-state index contributed by atoms with van der Waals surface area (Å²) in [7, 11) is 0. The van der Waals surface area contributed by atoms with Crippen LogP contribution in [0.15, 0.2) is 0 Å². The monoisotopic (exact) mass is 253 g/mol. The Morgan fingerprint density at radius 3 is 2.35 bits per heavy atom. The molecule has 2 nitrogen and oxygen atoms in total. The van der Waals surface area contributed by atoms with Gasteiger partial charge in [0.2, 0.25) is 0 Å². The number of nitrogens with one attached hydrogen (secondary N) is 1. The van der Waals surface area contributed by atoms with Gasteiger partial charge in [-0.15, -0.1) is 0 Å². The predicted octanol–water partition coefficient (Wildman–Crippen LogP) is 3.00. The van der Waals surface area contributed by atoms with Crippen molar-refractivity contribution in [2.45, 2.75) is 69.7 Å². The molecule has 1 fully saturated rings. The van der Waals surface area contributed by atoms with Gasteiger partial charge in [0.1, 0.15) is 0 Å². The number of alkyl halides is 3. The first-order valence-electron chi connectivity index (χ1n) is 6.37. The van der Waals surface area contributed by atoms with E-state index in [1.165, 1.54) is 0 Å². The smallest absolute Gasteiger partial charge is 0.389 e. The van der Waals surface area contributed by atoms with E-state index in [2.05, 4.69) is 12.2 Å². The number of hydrogen-bond donors (Lipinski definition) is 2. The van der Waals surface area contributed by atoms with E-state index in [0.29, 0.717) is 18.9 Å². The van der Waals surface area contributed by atoms with Crippen LogP contribution in [0.2, 0.25) is 0 Å². The maximum atomic E-state index is 12.1. The first-order valence-corrected chi connectivity index (χ1v) is 6.37. The van der Waals surface area contributed by atoms with Gasteiger partial charge in [0, 0.05) is 12.5 Å². The summed E-state index contributed by atoms with van der Waals surface area (Å²) in [5.74, 6) is 0. The second kappa shape index (κ2) is 6.05. The van der Waals surface area contributed by atoms with Crippen molar-refractivity contribution in [1.82, 2.24) is 5.32 Å². The van der Waals surface area contributed by atoms with Crippen LogP contribution in [0.3, 0.4) is 0 Å². The van der Waals surface area contributed by atoms with E-state index in [0.717, 1.165) is 25.8 Å². The molecule has 0 aromatic rings. The van der Waals surface area contributed by atoms with Crippen LogP contribution in [-0.4, -0.2) is 29.5 Å². The van der Waals surface area contributed by atoms with Gasteiger partial charge >= 0.3 is 6.18 Å². The van der Waals surface area contributed by atoms with Crippen molar-refractivity contribution in [1.29, 1.82) is 0 Å². The van der Waals surface area contributed by atoms with Crippen molar-refractivity contribution >= 4 is 0 Å². The van der Waals surface area contributed by atoms with E-state index >= 15 is 0 Å². The lowest BCUT2D eigenvalue weighted by molar-refractivity contribution is -0.149. The minimum Gasteiger partial charge on any atom is -0.390 e. The van der Waals surface area contributed by atoms with Crippen LogP contribution in [0.25, 0.3) is 0 Å². The standard InChI is InChI=1S/C12H22F3NO/c1-2-9-16-10-3-5-11(17,6-4-10)7-8-12(13,14)15/h10,16-17H,2-9H2,1H3. The summed E-state index contributed by atoms with van der Waals surface area (Å²) in [6.07, 6.45) is -1.65. The molecule has 0 unspecified atom stereocenters. The van der Waals surface area contributed by atoms with Gasteiger partial charge in [0.25, 0.3) is 0 Å². The van der Waals surface area contributed by atoms with Crippen LogP contribution in [-0.2, 0) is 0 Å². The summed E-state index contributed by atoms with van der Waals surface area (Å²) in [4.78, 5) is 0. The SMILES string of the molecule is CCCNC1CCC(O)(CCC(F)(F)F)CC1. The van der Waals surface area contributed by atoms with Crippen LogP contribution in [0.4, 0.5) is 13.2 Å². The van der Waals surface area contributed by atoms with E-state index in [4.69, 9.17) is 0 Å². The van der Waals surface area contributed by atoms with Crippen LogP contribution in [0.5, 0.6) is 0 Å². The van der Waals surface area contributed by atoms with Crippen molar-refractivity contribution in [3.63, 3.8) is 0 Å². The summed E-state index contributed by atoms with van der Waals surface area (Å²) in [6, 6.07) is 0.362. The van der Waals surface area contributed by atoms with Gasteiger partial charge in [0.05, 0.1) is 5.60 Å². The zero-order valence-corrected chi connectivity index (χ0v) is 10.3. The topological polar surface area (TPSA) is 32.3 Å². The molecule has 0 spiro atoms. The molecule has 0 aromatic heterocycles. The van der Waals surface area contributed by atoms with Crippen molar-refractivity contribution in [3.05, 3.63) is 0 Å². The Kier molecular flexibility index (Phi) is 5.25. The first kappa shape index (κ1) is 14.8. The van der Waals surface area contributed by atoms with Crippen molar-refractivity contribution in [2.24, 2.45) is 0 Å². The van der Waals surface area contributed by atoms with Crippen molar-refractivity contribution in [3.8, 4) is 0 Å². The lowest BCUT2D eigenvalue weighted by Gasteiger charge is -2.36. The molecule has 1 saturated carbocycles. The number of rotatable bonds is 5. The van der Waals surface area contributed by atoms with Gasteiger partial charge in [-0.3, -0.25) is 0 Å². The van der Waals surface area contributed by atoms with Crippen molar-refractivity contribution < 1.29 is 18.3 Å². The molecule has 1 aliphatic rings. The molecule has 0 atom stereocenters. The van der Waals surface area contributed by atoms with Crippen LogP contribution >= 0.6 is 0 Å². The van der Waals surface area contributed by atoms with E-state index in [1.807, 2.05) is 0 Å². The highest BCUT2D eigenvalue weighted by Gasteiger charge is 2.37. The molecule has 1 aliphatic carbocycles. The first-order chi connectivity index (χ1) is 7.85. The average Bonchev–Trinajstić information content (AvgIpc) is 2.25. The highest BCUT2D eigenvalue weighted by molar-refractivity contribution is 4.88. The summed E-state index contributed by atoms with van der Waals surface area (Å²) >= 11 is 0. The highest BCUT2D eigenvalue weighted by atomic mass is 19.4. The van der Waals surface area contributed by atoms with Crippen LogP contribution in [0.1, 0.15) is 51.9 Å². The molecule has 0 heterocycles. The van der Waals surface area contributed by atoms with E-state index in [1.54, 1.807) is 0 Å². The fourth-order valence-corrected chi connectivity index (χ4v) is 2.33. The third kappa shape index (κ3) is 5.73. The fraction of sp³-hybridized carbons (Fsp3) is 1.00. The Labute approximate surface area is 101 Å². The van der Waals surface area contributed by atoms with Gasteiger partial charge in [-0.1, -0.05) is 6.92 Å². The quantitative estimate of drug-likeness (QED) is 0.789. The molecular formula is C12H22F3NO. The lowest BCUT2D eigenvalue weighted by atomic mass is 9.79. The van der Waals surface area contributed by atoms with Gasteiger partial charge in [-0.25, -0.2) is 0 Å². The molecule has 102 valence electrons. The fourth-order valence-electron chi connectivity index (χ4n) is 2.33. The number of hydrogen-bond acceptors (Lipinski definition) is 2. The van der Waals surface area contributed by atoms with Crippen LogP contribution < -0.4 is 5.32 Å². The van der Waals surface area contributed by atoms with E-state index in [-0.39, 0.29) is 6.42 Å². The molecule has 0 radical (unpaired) electrons. The Bertz CT molecular complexity index is 222. The lowest BCUT2D eigenvalue weighted by Crippen LogP contribution is -2.42. The summed E-state index contributed by atoms with van der Waals surface area (Å²) in [5.41, 5.74) is -1.10. The summed E-state index contributed by atoms with van der Waals surface area (Å²) in [6.45, 7) is 3.02. The minimum atomic E-state index is -4.16. The molecule has 0 saturated heterocycles. The number of aliphatic hydroxyl groups is 1. The van der Waals surface area contributed by atoms with Crippen LogP contribution in [0, 0.1) is 0 Å². The second-order valence-electron chi connectivity index (χ2n) is 5.07. The van der Waals surface area contributed by atoms with E-state index < -0.39 is 18.2 Å². The van der Waals surface area contributed by atoms with Gasteiger partial charge in [0.15, 0.2) is 0 Å². The Morgan fingerprint density at radius 1 is 1.29 bits per heavy atom. The molecule has 0 bridgehead atoms. The Balaban J connectivity index is 2.28. The zero-order chi connectivity index (χ0) is 12.9. The van der Waals surface area contributed by atoms with Gasteiger partial charge in [-0.05, 0) is 45.1 Å². The normalized spacial score (nSPS) is 30.5. The van der Waals surface area contributed by atoms with Gasteiger partial charge < -0.3 is 10.4 Å². The molecular weight excluding hydrogens is 231 g/mol. The largest absolute Gasteiger partial charge is 0.390 e. The van der Waals surface area contributed by atoms with E-state index in [9.17, 15) is 18.3 Å². The molecule has 2 N–H and O–H groups in total. The molecule has 5 heteroatoms. The third-order valence-electron chi connectivity index (χ3n) is 3.47. The molecule has 17 heavy (non-hydrogen) atoms. The Hall–Kier alpha value is -0.290. The predicted molar refractivity (Wildman–Crippen MR) is 60.8 cm³/mol. The van der Waals surface area contributed by atoms with Gasteiger partial charge in [-0.2, -0.15) is 13.2 Å². The third-order valence-corrected chi connectivity index (χ3v) is 3.47. The average molecular weight is 253 g/mol. The molecule has 1 rings (SSSR count). The van der Waals surface area contributed by atoms with Crippen molar-refractivity contribution in [2.75, 3.05) is 6.54 Å². The summed E-state index contributed by atoms with van der Waals surface area (Å²) < 4.78 is 36.3. The highest BCUT2D eigenvalue weighted by Crippen LogP contribution is 2.35. The zero-order valence-electron chi connectivity index (χ0n) is 10.3. The molecule has 0 aromatic carbocycles. The maximum Gasteiger partial charge on any atom is 0.389 e. The number of halogens is 3. The molecule has 0 aliphatic heterocycles. The maximum absolute atomic E-state index is 12.1. The Morgan fingerprint density at radius 2 is 1.88 bits per heavy atom. The summed E-state index contributed by atoms with van der Waals surface area (Å²) in [5, 5.41) is 13.4. The second-order valence-corrected chi connectivity index (χ2v) is 5.07. The molecule has 0 amide bonds.